The van der Waals surface area contributed by atoms with E-state index in [9.17, 15) is 8.78 Å². The number of carbonyl (C=O) groups is 1. The Hall–Kier alpha value is -2.94. The second kappa shape index (κ2) is 9.71. The van der Waals surface area contributed by atoms with Crippen molar-refractivity contribution in [1.29, 1.82) is 0 Å². The first-order chi connectivity index (χ1) is 14.7. The van der Waals surface area contributed by atoms with Gasteiger partial charge in [-0.05, 0) is 37.2 Å². The van der Waals surface area contributed by atoms with Crippen molar-refractivity contribution in [1.82, 2.24) is 19.9 Å². The average Bonchev–Trinajstić information content (AvgIpc) is 3.22. The molecule has 0 spiro atoms. The van der Waals surface area contributed by atoms with Crippen molar-refractivity contribution in [3.05, 3.63) is 36.3 Å². The third-order valence-electron chi connectivity index (χ3n) is 5.85. The summed E-state index contributed by atoms with van der Waals surface area (Å²) < 4.78 is 27.9. The van der Waals surface area contributed by atoms with Gasteiger partial charge < -0.3 is 20.2 Å². The van der Waals surface area contributed by atoms with Crippen molar-refractivity contribution in [2.75, 3.05) is 12.4 Å². The number of pyridine rings is 1. The van der Waals surface area contributed by atoms with Gasteiger partial charge in [0.15, 0.2) is 17.5 Å². The zero-order chi connectivity index (χ0) is 21.7. The Morgan fingerprint density at radius 3 is 2.53 bits per heavy atom. The molecule has 9 heteroatoms. The summed E-state index contributed by atoms with van der Waals surface area (Å²) in [6.07, 6.45) is 10.1. The predicted molar refractivity (Wildman–Crippen MR) is 110 cm³/mol. The average molecular weight is 417 g/mol. The summed E-state index contributed by atoms with van der Waals surface area (Å²) in [6, 6.07) is 1.65. The molecule has 3 N–H and O–H groups in total. The highest BCUT2D eigenvalue weighted by Crippen LogP contribution is 2.42. The van der Waals surface area contributed by atoms with Crippen LogP contribution in [0.5, 0.6) is 0 Å². The van der Waals surface area contributed by atoms with Crippen LogP contribution in [0.15, 0.2) is 24.7 Å². The summed E-state index contributed by atoms with van der Waals surface area (Å²) in [6.45, 7) is 2.00. The van der Waals surface area contributed by atoms with Crippen LogP contribution in [-0.2, 0) is 4.79 Å². The van der Waals surface area contributed by atoms with Crippen LogP contribution in [-0.4, -0.2) is 45.0 Å². The molecular weight excluding hydrogens is 392 g/mol. The van der Waals surface area contributed by atoms with E-state index in [1.165, 1.54) is 37.9 Å². The smallest absolute Gasteiger partial charge is 0.183 e. The Bertz CT molecular complexity index is 989. The SMILES string of the molecule is C=O.CO.Fc1cnc2[nH]cc(-c3ncc(F)c(N[C@@H]4CC5CCC4CC5)n3)c2c1. The molecule has 3 saturated carbocycles. The van der Waals surface area contributed by atoms with Crippen LogP contribution >= 0.6 is 0 Å². The number of H-pyrrole nitrogens is 1. The summed E-state index contributed by atoms with van der Waals surface area (Å²) in [4.78, 5) is 23.5. The Kier molecular flexibility index (Phi) is 7.04. The van der Waals surface area contributed by atoms with Gasteiger partial charge in [-0.1, -0.05) is 12.8 Å². The largest absolute Gasteiger partial charge is 0.400 e. The molecule has 160 valence electrons. The Balaban J connectivity index is 0.000000606. The number of nitrogens with one attached hydrogen (secondary N) is 2. The number of rotatable bonds is 3. The van der Waals surface area contributed by atoms with E-state index < -0.39 is 11.6 Å². The first-order valence-corrected chi connectivity index (χ1v) is 9.83. The molecule has 0 aromatic carbocycles. The van der Waals surface area contributed by atoms with E-state index in [0.29, 0.717) is 28.3 Å². The van der Waals surface area contributed by atoms with Crippen LogP contribution in [0.2, 0.25) is 0 Å². The number of hydrogen-bond donors (Lipinski definition) is 3. The number of anilines is 1. The van der Waals surface area contributed by atoms with Crippen LogP contribution in [0, 0.1) is 23.5 Å². The summed E-state index contributed by atoms with van der Waals surface area (Å²) in [5.41, 5.74) is 1.16. The number of halogens is 2. The second-order valence-corrected chi connectivity index (χ2v) is 7.41. The van der Waals surface area contributed by atoms with Crippen molar-refractivity contribution in [3.8, 4) is 11.4 Å². The van der Waals surface area contributed by atoms with Gasteiger partial charge in [-0.25, -0.2) is 23.7 Å². The predicted octanol–water partition coefficient (Wildman–Crippen LogP) is 3.71. The van der Waals surface area contributed by atoms with Gasteiger partial charge in [0, 0.05) is 30.3 Å². The van der Waals surface area contributed by atoms with Crippen LogP contribution in [0.3, 0.4) is 0 Å². The zero-order valence-corrected chi connectivity index (χ0v) is 16.7. The number of fused-ring (bicyclic) bond motifs is 4. The number of nitrogens with zero attached hydrogens (tertiary/aromatic N) is 3. The number of aliphatic hydroxyl groups excluding tert-OH is 1. The van der Waals surface area contributed by atoms with Gasteiger partial charge in [-0.2, -0.15) is 0 Å². The number of aliphatic hydroxyl groups is 1. The molecule has 0 amide bonds. The van der Waals surface area contributed by atoms with Crippen LogP contribution in [0.4, 0.5) is 14.6 Å². The lowest BCUT2D eigenvalue weighted by Gasteiger charge is -2.42. The standard InChI is InChI=1S/C19H19F2N5.CH4O.CH2O/c20-12-6-13-14(8-23-17(13)22-7-12)18-24-9-15(21)19(26-18)25-16-5-10-1-3-11(16)4-2-10;2*1-2/h6-11,16H,1-5H2,(H,22,23)(H,24,25,26);2H,1H3;1H2/t10?,11?,16-;;/m1../s1. The maximum Gasteiger partial charge on any atom is 0.183 e. The van der Waals surface area contributed by atoms with Gasteiger partial charge in [0.25, 0.3) is 0 Å². The minimum absolute atomic E-state index is 0.228. The summed E-state index contributed by atoms with van der Waals surface area (Å²) in [5, 5.41) is 10.9. The molecule has 3 fully saturated rings. The fourth-order valence-corrected chi connectivity index (χ4v) is 4.49. The van der Waals surface area contributed by atoms with Crippen LogP contribution in [0.1, 0.15) is 32.1 Å². The maximum absolute atomic E-state index is 14.3. The third kappa shape index (κ3) is 4.30. The molecule has 3 heterocycles. The number of aromatic amines is 1. The fraction of sp³-hybridized carbons (Fsp3) is 0.429. The van der Waals surface area contributed by atoms with Crippen LogP contribution < -0.4 is 5.32 Å². The third-order valence-corrected chi connectivity index (χ3v) is 5.85. The molecule has 0 aliphatic heterocycles. The van der Waals surface area contributed by atoms with E-state index in [-0.39, 0.29) is 11.9 Å². The van der Waals surface area contributed by atoms with Crippen molar-refractivity contribution in [3.63, 3.8) is 0 Å². The Morgan fingerprint density at radius 1 is 1.13 bits per heavy atom. The zero-order valence-electron chi connectivity index (χ0n) is 16.7. The number of aromatic nitrogens is 4. The lowest BCUT2D eigenvalue weighted by Crippen LogP contribution is -2.40. The molecule has 0 saturated heterocycles. The summed E-state index contributed by atoms with van der Waals surface area (Å²) >= 11 is 0. The van der Waals surface area contributed by atoms with Crippen molar-refractivity contribution in [2.45, 2.75) is 38.1 Å². The van der Waals surface area contributed by atoms with E-state index in [0.717, 1.165) is 25.6 Å². The molecular formula is C21H25F2N5O2. The molecule has 6 rings (SSSR count). The molecule has 3 aliphatic carbocycles. The van der Waals surface area contributed by atoms with Gasteiger partial charge in [-0.15, -0.1) is 0 Å². The monoisotopic (exact) mass is 417 g/mol. The lowest BCUT2D eigenvalue weighted by atomic mass is 9.68. The molecule has 0 radical (unpaired) electrons. The first kappa shape index (κ1) is 21.8. The van der Waals surface area contributed by atoms with E-state index in [4.69, 9.17) is 9.90 Å². The Labute approximate surface area is 173 Å². The molecule has 7 nitrogen and oxygen atoms in total. The summed E-state index contributed by atoms with van der Waals surface area (Å²) in [5.74, 6) is 1.02. The number of carbonyl (C=O) groups excluding carboxylic acids is 1. The van der Waals surface area contributed by atoms with Crippen LogP contribution in [0.25, 0.3) is 22.4 Å². The molecule has 1 atom stereocenters. The quantitative estimate of drug-likeness (QED) is 0.600. The second-order valence-electron chi connectivity index (χ2n) is 7.41. The lowest BCUT2D eigenvalue weighted by molar-refractivity contribution is -0.0979. The minimum atomic E-state index is -0.459. The van der Waals surface area contributed by atoms with E-state index in [2.05, 4.69) is 25.3 Å². The number of hydrogen-bond acceptors (Lipinski definition) is 6. The maximum atomic E-state index is 14.3. The van der Waals surface area contributed by atoms with Crippen molar-refractivity contribution < 1.29 is 18.7 Å². The normalized spacial score (nSPS) is 21.9. The molecule has 0 unspecified atom stereocenters. The van der Waals surface area contributed by atoms with Gasteiger partial charge in [0.1, 0.15) is 18.3 Å². The fourth-order valence-electron chi connectivity index (χ4n) is 4.49. The molecule has 2 bridgehead atoms. The molecule has 3 aromatic rings. The van der Waals surface area contributed by atoms with Gasteiger partial charge in [0.05, 0.1) is 12.4 Å². The van der Waals surface area contributed by atoms with Gasteiger partial charge in [-0.3, -0.25) is 0 Å². The topological polar surface area (TPSA) is 104 Å². The molecule has 30 heavy (non-hydrogen) atoms. The Morgan fingerprint density at radius 2 is 1.87 bits per heavy atom. The van der Waals surface area contributed by atoms with Crippen molar-refractivity contribution >= 4 is 23.6 Å². The van der Waals surface area contributed by atoms with Gasteiger partial charge >= 0.3 is 0 Å². The minimum Gasteiger partial charge on any atom is -0.400 e. The first-order valence-electron chi connectivity index (χ1n) is 9.83. The van der Waals surface area contributed by atoms with Crippen molar-refractivity contribution in [2.24, 2.45) is 11.8 Å². The van der Waals surface area contributed by atoms with Gasteiger partial charge in [0.2, 0.25) is 0 Å². The molecule has 3 aromatic heterocycles. The molecule has 3 aliphatic rings. The van der Waals surface area contributed by atoms with E-state index >= 15 is 0 Å². The highest BCUT2D eigenvalue weighted by Gasteiger charge is 2.36. The van der Waals surface area contributed by atoms with E-state index in [1.807, 2.05) is 6.79 Å². The highest BCUT2D eigenvalue weighted by atomic mass is 19.1. The van der Waals surface area contributed by atoms with E-state index in [1.54, 1.807) is 6.20 Å². The summed E-state index contributed by atoms with van der Waals surface area (Å²) in [7, 11) is 1.00. The highest BCUT2D eigenvalue weighted by molar-refractivity contribution is 5.91.